The maximum Gasteiger partial charge on any atom is 0.230 e. The number of aromatic amines is 1. The minimum Gasteiger partial charge on any atom is -0.443 e. The number of rotatable bonds is 1. The number of hydrogen-bond acceptors (Lipinski definition) is 4. The van der Waals surface area contributed by atoms with Crippen LogP contribution in [0.3, 0.4) is 0 Å². The summed E-state index contributed by atoms with van der Waals surface area (Å²) in [5.74, 6) is 1.52. The second-order valence-corrected chi connectivity index (χ2v) is 3.66. The smallest absolute Gasteiger partial charge is 0.230 e. The van der Waals surface area contributed by atoms with E-state index in [1.54, 1.807) is 12.5 Å². The van der Waals surface area contributed by atoms with Crippen LogP contribution in [0.5, 0.6) is 0 Å². The molecule has 3 aromatic rings. The average Bonchev–Trinajstić information content (AvgIpc) is 2.83. The number of H-pyrrole nitrogens is 1. The normalized spacial score (nSPS) is 11.1. The van der Waals surface area contributed by atoms with Gasteiger partial charge >= 0.3 is 0 Å². The van der Waals surface area contributed by atoms with Crippen LogP contribution >= 0.6 is 0 Å². The van der Waals surface area contributed by atoms with E-state index in [-0.39, 0.29) is 0 Å². The molecule has 0 saturated carbocycles. The van der Waals surface area contributed by atoms with Crippen molar-refractivity contribution in [1.82, 2.24) is 19.9 Å². The molecule has 0 atom stereocenters. The molecule has 3 rings (SSSR count). The standard InChI is InChI=1S/C11H10N4O/c1-6-3-8-10(9-4-12-5-13-9)14-7(2)15-11(8)16-6/h3-5H,1-2H3,(H,12,13). The topological polar surface area (TPSA) is 67.6 Å². The van der Waals surface area contributed by atoms with Gasteiger partial charge in [0, 0.05) is 0 Å². The number of aromatic nitrogens is 4. The fourth-order valence-electron chi connectivity index (χ4n) is 1.74. The molecule has 5 nitrogen and oxygen atoms in total. The Bertz CT molecular complexity index is 639. The Hall–Kier alpha value is -2.17. The first kappa shape index (κ1) is 9.08. The summed E-state index contributed by atoms with van der Waals surface area (Å²) in [5.41, 5.74) is 2.32. The zero-order chi connectivity index (χ0) is 11.1. The first-order chi connectivity index (χ1) is 7.74. The Labute approximate surface area is 91.6 Å². The highest BCUT2D eigenvalue weighted by molar-refractivity contribution is 5.88. The van der Waals surface area contributed by atoms with Gasteiger partial charge in [-0.1, -0.05) is 0 Å². The average molecular weight is 214 g/mol. The van der Waals surface area contributed by atoms with Gasteiger partial charge in [0.2, 0.25) is 5.71 Å². The lowest BCUT2D eigenvalue weighted by atomic mass is 10.2. The summed E-state index contributed by atoms with van der Waals surface area (Å²) in [7, 11) is 0. The van der Waals surface area contributed by atoms with E-state index in [9.17, 15) is 0 Å². The Kier molecular flexibility index (Phi) is 1.80. The molecule has 0 radical (unpaired) electrons. The van der Waals surface area contributed by atoms with Crippen molar-refractivity contribution >= 4 is 11.1 Å². The highest BCUT2D eigenvalue weighted by Crippen LogP contribution is 2.26. The van der Waals surface area contributed by atoms with Gasteiger partial charge < -0.3 is 9.40 Å². The number of hydrogen-bond donors (Lipinski definition) is 1. The van der Waals surface area contributed by atoms with Crippen LogP contribution in [0, 0.1) is 13.8 Å². The van der Waals surface area contributed by atoms with Gasteiger partial charge in [-0.2, -0.15) is 4.98 Å². The molecule has 0 saturated heterocycles. The minimum atomic E-state index is 0.620. The number of nitrogens with zero attached hydrogens (tertiary/aromatic N) is 3. The van der Waals surface area contributed by atoms with E-state index in [4.69, 9.17) is 4.42 Å². The maximum atomic E-state index is 5.50. The maximum absolute atomic E-state index is 5.50. The second kappa shape index (κ2) is 3.16. The number of aryl methyl sites for hydroxylation is 2. The molecule has 0 aliphatic rings. The van der Waals surface area contributed by atoms with Crippen LogP contribution in [0.4, 0.5) is 0 Å². The molecule has 5 heteroatoms. The van der Waals surface area contributed by atoms with E-state index in [0.717, 1.165) is 22.5 Å². The molecule has 0 spiro atoms. The van der Waals surface area contributed by atoms with Crippen molar-refractivity contribution in [3.8, 4) is 11.4 Å². The van der Waals surface area contributed by atoms with Crippen LogP contribution in [-0.2, 0) is 0 Å². The third-order valence-electron chi connectivity index (χ3n) is 2.38. The molecule has 0 bridgehead atoms. The Morgan fingerprint density at radius 1 is 1.25 bits per heavy atom. The zero-order valence-corrected chi connectivity index (χ0v) is 8.98. The molecular weight excluding hydrogens is 204 g/mol. The van der Waals surface area contributed by atoms with Gasteiger partial charge in [0.05, 0.1) is 23.6 Å². The first-order valence-electron chi connectivity index (χ1n) is 4.97. The third kappa shape index (κ3) is 1.29. The molecule has 0 aliphatic carbocycles. The lowest BCUT2D eigenvalue weighted by molar-refractivity contribution is 0.566. The van der Waals surface area contributed by atoms with Crippen LogP contribution in [0.15, 0.2) is 23.0 Å². The summed E-state index contributed by atoms with van der Waals surface area (Å²) < 4.78 is 5.50. The molecule has 0 amide bonds. The van der Waals surface area contributed by atoms with Crippen LogP contribution in [0.1, 0.15) is 11.6 Å². The van der Waals surface area contributed by atoms with Crippen molar-refractivity contribution < 1.29 is 4.42 Å². The van der Waals surface area contributed by atoms with E-state index in [1.165, 1.54) is 0 Å². The van der Waals surface area contributed by atoms with E-state index in [1.807, 2.05) is 19.9 Å². The zero-order valence-electron chi connectivity index (χ0n) is 8.98. The summed E-state index contributed by atoms with van der Waals surface area (Å²) >= 11 is 0. The highest BCUT2D eigenvalue weighted by atomic mass is 16.3. The van der Waals surface area contributed by atoms with E-state index in [2.05, 4.69) is 19.9 Å². The van der Waals surface area contributed by atoms with Crippen molar-refractivity contribution in [3.63, 3.8) is 0 Å². The van der Waals surface area contributed by atoms with E-state index in [0.29, 0.717) is 11.5 Å². The molecule has 3 aromatic heterocycles. The molecule has 3 heterocycles. The number of nitrogens with one attached hydrogen (secondary N) is 1. The van der Waals surface area contributed by atoms with Crippen LogP contribution in [0.25, 0.3) is 22.5 Å². The van der Waals surface area contributed by atoms with Gasteiger partial charge in [-0.15, -0.1) is 0 Å². The van der Waals surface area contributed by atoms with Gasteiger partial charge in [0.15, 0.2) is 0 Å². The number of imidazole rings is 1. The fraction of sp³-hybridized carbons (Fsp3) is 0.182. The van der Waals surface area contributed by atoms with Crippen molar-refractivity contribution in [2.75, 3.05) is 0 Å². The van der Waals surface area contributed by atoms with Gasteiger partial charge in [-0.05, 0) is 19.9 Å². The third-order valence-corrected chi connectivity index (χ3v) is 2.38. The molecule has 80 valence electrons. The van der Waals surface area contributed by atoms with Crippen molar-refractivity contribution in [2.45, 2.75) is 13.8 Å². The van der Waals surface area contributed by atoms with Gasteiger partial charge in [0.1, 0.15) is 17.3 Å². The Morgan fingerprint density at radius 3 is 2.88 bits per heavy atom. The van der Waals surface area contributed by atoms with E-state index < -0.39 is 0 Å². The summed E-state index contributed by atoms with van der Waals surface area (Å²) in [6.07, 6.45) is 3.37. The molecule has 1 N–H and O–H groups in total. The fourth-order valence-corrected chi connectivity index (χ4v) is 1.74. The lowest BCUT2D eigenvalue weighted by Gasteiger charge is -1.99. The van der Waals surface area contributed by atoms with Crippen molar-refractivity contribution in [2.24, 2.45) is 0 Å². The minimum absolute atomic E-state index is 0.620. The van der Waals surface area contributed by atoms with Crippen LogP contribution < -0.4 is 0 Å². The molecule has 0 fully saturated rings. The summed E-state index contributed by atoms with van der Waals surface area (Å²) in [6.45, 7) is 3.74. The summed E-state index contributed by atoms with van der Waals surface area (Å²) in [4.78, 5) is 15.7. The Morgan fingerprint density at radius 2 is 2.12 bits per heavy atom. The van der Waals surface area contributed by atoms with Crippen LogP contribution in [-0.4, -0.2) is 19.9 Å². The Balaban J connectivity index is 2.38. The van der Waals surface area contributed by atoms with Crippen molar-refractivity contribution in [3.05, 3.63) is 30.2 Å². The predicted molar refractivity (Wildman–Crippen MR) is 58.9 cm³/mol. The SMILES string of the molecule is Cc1nc(-c2cnc[nH]2)c2cc(C)oc2n1. The quantitative estimate of drug-likeness (QED) is 0.674. The molecule has 0 unspecified atom stereocenters. The molecule has 0 aliphatic heterocycles. The largest absolute Gasteiger partial charge is 0.443 e. The molecule has 16 heavy (non-hydrogen) atoms. The lowest BCUT2D eigenvalue weighted by Crippen LogP contribution is -1.91. The predicted octanol–water partition coefficient (Wildman–Crippen LogP) is 2.23. The molecular formula is C11H10N4O. The highest BCUT2D eigenvalue weighted by Gasteiger charge is 2.12. The number of furan rings is 1. The first-order valence-corrected chi connectivity index (χ1v) is 4.97. The van der Waals surface area contributed by atoms with Gasteiger partial charge in [-0.25, -0.2) is 9.97 Å². The number of fused-ring (bicyclic) bond motifs is 1. The van der Waals surface area contributed by atoms with Gasteiger partial charge in [-0.3, -0.25) is 0 Å². The van der Waals surface area contributed by atoms with Crippen LogP contribution in [0.2, 0.25) is 0 Å². The summed E-state index contributed by atoms with van der Waals surface area (Å²) in [5, 5.41) is 0.910. The second-order valence-electron chi connectivity index (χ2n) is 3.66. The summed E-state index contributed by atoms with van der Waals surface area (Å²) in [6, 6.07) is 1.94. The van der Waals surface area contributed by atoms with Gasteiger partial charge in [0.25, 0.3) is 0 Å². The molecule has 0 aromatic carbocycles. The monoisotopic (exact) mass is 214 g/mol. The van der Waals surface area contributed by atoms with E-state index >= 15 is 0 Å². The van der Waals surface area contributed by atoms with Crippen molar-refractivity contribution in [1.29, 1.82) is 0 Å².